The van der Waals surface area contributed by atoms with E-state index in [0.29, 0.717) is 16.1 Å². The van der Waals surface area contributed by atoms with Crippen LogP contribution in [0.25, 0.3) is 10.9 Å². The Morgan fingerprint density at radius 1 is 1.16 bits per heavy atom. The zero-order chi connectivity index (χ0) is 21.1. The summed E-state index contributed by atoms with van der Waals surface area (Å²) in [7, 11) is 2.09. The molecule has 1 aromatic heterocycles. The Kier molecular flexibility index (Phi) is 4.81. The summed E-state index contributed by atoms with van der Waals surface area (Å²) in [6.07, 6.45) is 5.26. The molecule has 2 N–H and O–H groups in total. The Balaban J connectivity index is 1.47. The van der Waals surface area contributed by atoms with Crippen LogP contribution in [0.2, 0.25) is 0 Å². The normalized spacial score (nSPS) is 24.4. The third-order valence-electron chi connectivity index (χ3n) is 7.15. The maximum Gasteiger partial charge on any atom is 0.131 e. The van der Waals surface area contributed by atoms with Crippen LogP contribution in [0.1, 0.15) is 41.9 Å². The second kappa shape index (κ2) is 7.57. The molecule has 2 aliphatic heterocycles. The smallest absolute Gasteiger partial charge is 0.131 e. The molecule has 1 saturated heterocycles. The fraction of sp³-hybridized carbons (Fsp3) is 0.458. The lowest BCUT2D eigenvalue weighted by Gasteiger charge is -2.41. The van der Waals surface area contributed by atoms with E-state index in [1.165, 1.54) is 12.8 Å². The van der Waals surface area contributed by atoms with Crippen molar-refractivity contribution in [2.45, 2.75) is 47.9 Å². The fourth-order valence-electron chi connectivity index (χ4n) is 5.21. The molecular weight excluding hydrogens is 414 g/mol. The van der Waals surface area contributed by atoms with E-state index in [0.717, 1.165) is 48.1 Å². The molecule has 2 fully saturated rings. The van der Waals surface area contributed by atoms with Gasteiger partial charge in [0.2, 0.25) is 0 Å². The minimum Gasteiger partial charge on any atom is -0.314 e. The molecule has 0 bridgehead atoms. The third kappa shape index (κ3) is 3.47. The van der Waals surface area contributed by atoms with Gasteiger partial charge < -0.3 is 5.32 Å². The summed E-state index contributed by atoms with van der Waals surface area (Å²) in [5, 5.41) is 11.9. The van der Waals surface area contributed by atoms with E-state index < -0.39 is 11.6 Å². The van der Waals surface area contributed by atoms with Crippen molar-refractivity contribution in [2.24, 2.45) is 5.92 Å². The second-order valence-corrected chi connectivity index (χ2v) is 10.7. The number of aromatic nitrogens is 2. The first-order valence-corrected chi connectivity index (χ1v) is 12.0. The van der Waals surface area contributed by atoms with Gasteiger partial charge in [-0.15, -0.1) is 11.8 Å². The average Bonchev–Trinajstić information content (AvgIpc) is 3.39. The van der Waals surface area contributed by atoms with Gasteiger partial charge in [-0.1, -0.05) is 18.9 Å². The van der Waals surface area contributed by atoms with Gasteiger partial charge in [0.15, 0.2) is 0 Å². The molecular formula is C24H26F2N4S. The minimum absolute atomic E-state index is 0.0858. The van der Waals surface area contributed by atoms with Crippen LogP contribution in [0, 0.1) is 17.6 Å². The molecule has 7 heteroatoms. The van der Waals surface area contributed by atoms with Crippen molar-refractivity contribution in [3.05, 3.63) is 58.8 Å². The van der Waals surface area contributed by atoms with E-state index in [2.05, 4.69) is 33.5 Å². The van der Waals surface area contributed by atoms with Crippen LogP contribution in [0.4, 0.5) is 8.78 Å². The van der Waals surface area contributed by atoms with Gasteiger partial charge >= 0.3 is 0 Å². The molecule has 1 aliphatic carbocycles. The van der Waals surface area contributed by atoms with Gasteiger partial charge in [0.1, 0.15) is 11.6 Å². The summed E-state index contributed by atoms with van der Waals surface area (Å²) in [5.74, 6) is -0.498. The van der Waals surface area contributed by atoms with Crippen molar-refractivity contribution in [1.82, 2.24) is 20.4 Å². The molecule has 0 spiro atoms. The number of benzene rings is 2. The maximum atomic E-state index is 15.6. The first kappa shape index (κ1) is 19.7. The van der Waals surface area contributed by atoms with Gasteiger partial charge in [0.25, 0.3) is 0 Å². The van der Waals surface area contributed by atoms with Crippen molar-refractivity contribution in [3.63, 3.8) is 0 Å². The Morgan fingerprint density at radius 2 is 1.94 bits per heavy atom. The molecule has 162 valence electrons. The van der Waals surface area contributed by atoms with Gasteiger partial charge in [-0.3, -0.25) is 10.00 Å². The zero-order valence-electron chi connectivity index (χ0n) is 17.5. The predicted octanol–water partition coefficient (Wildman–Crippen LogP) is 4.65. The molecule has 0 amide bonds. The standard InChI is InChI=1S/C24H26F2N4S/c1-30-12-18-16(4-5-21-17(18)11-28-29-21)23(22(30)6-13-2-3-13)24-19(25)7-14(8-20(24)26)31-15-9-27-10-15/h4-5,7-8,11,13,15,22-23,27H,2-3,6,9-10,12H2,1H3,(H,28,29)/t22-,23+/m0/s1. The van der Waals surface area contributed by atoms with Crippen LogP contribution in [0.3, 0.4) is 0 Å². The zero-order valence-corrected chi connectivity index (χ0v) is 18.3. The van der Waals surface area contributed by atoms with Gasteiger partial charge in [-0.2, -0.15) is 5.10 Å². The number of hydrogen-bond acceptors (Lipinski definition) is 4. The number of halogens is 2. The number of thioether (sulfide) groups is 1. The van der Waals surface area contributed by atoms with Crippen molar-refractivity contribution in [2.75, 3.05) is 20.1 Å². The highest BCUT2D eigenvalue weighted by molar-refractivity contribution is 8.00. The highest BCUT2D eigenvalue weighted by Gasteiger charge is 2.41. The Morgan fingerprint density at radius 3 is 2.61 bits per heavy atom. The Hall–Kier alpha value is -1.96. The van der Waals surface area contributed by atoms with Crippen molar-refractivity contribution in [3.8, 4) is 0 Å². The summed E-state index contributed by atoms with van der Waals surface area (Å²) in [6.45, 7) is 2.55. The average molecular weight is 441 g/mol. The van der Waals surface area contributed by atoms with Crippen LogP contribution in [-0.4, -0.2) is 46.5 Å². The monoisotopic (exact) mass is 440 g/mol. The van der Waals surface area contributed by atoms with Crippen molar-refractivity contribution in [1.29, 1.82) is 0 Å². The summed E-state index contributed by atoms with van der Waals surface area (Å²) in [6, 6.07) is 7.22. The quantitative estimate of drug-likeness (QED) is 0.606. The summed E-state index contributed by atoms with van der Waals surface area (Å²) >= 11 is 1.56. The van der Waals surface area contributed by atoms with Gasteiger partial charge in [0.05, 0.1) is 11.7 Å². The lowest BCUT2D eigenvalue weighted by atomic mass is 9.76. The molecule has 2 atom stereocenters. The number of aromatic amines is 1. The minimum atomic E-state index is -0.422. The van der Waals surface area contributed by atoms with E-state index in [1.54, 1.807) is 23.9 Å². The topological polar surface area (TPSA) is 44.0 Å². The number of nitrogens with one attached hydrogen (secondary N) is 2. The first-order valence-electron chi connectivity index (χ1n) is 11.1. The Bertz CT molecular complexity index is 1110. The van der Waals surface area contributed by atoms with E-state index in [-0.39, 0.29) is 17.5 Å². The number of hydrogen-bond donors (Lipinski definition) is 2. The van der Waals surface area contributed by atoms with Crippen LogP contribution < -0.4 is 5.32 Å². The third-order valence-corrected chi connectivity index (χ3v) is 8.32. The first-order chi connectivity index (χ1) is 15.1. The molecule has 4 nitrogen and oxygen atoms in total. The van der Waals surface area contributed by atoms with Crippen LogP contribution in [-0.2, 0) is 6.54 Å². The molecule has 6 rings (SSSR count). The molecule has 3 heterocycles. The number of rotatable bonds is 5. The van der Waals surface area contributed by atoms with Crippen molar-refractivity contribution < 1.29 is 8.78 Å². The summed E-state index contributed by atoms with van der Waals surface area (Å²) in [4.78, 5) is 2.97. The molecule has 1 saturated carbocycles. The molecule has 31 heavy (non-hydrogen) atoms. The van der Waals surface area contributed by atoms with Crippen molar-refractivity contribution >= 4 is 22.7 Å². The molecule has 3 aromatic rings. The van der Waals surface area contributed by atoms with Gasteiger partial charge in [-0.05, 0) is 48.7 Å². The number of fused-ring (bicyclic) bond motifs is 3. The molecule has 0 radical (unpaired) electrons. The molecule has 2 aromatic carbocycles. The summed E-state index contributed by atoms with van der Waals surface area (Å²) in [5.41, 5.74) is 3.35. The molecule has 0 unspecified atom stereocenters. The lowest BCUT2D eigenvalue weighted by molar-refractivity contribution is 0.177. The lowest BCUT2D eigenvalue weighted by Crippen LogP contribution is -2.44. The Labute approximate surface area is 184 Å². The van der Waals surface area contributed by atoms with Crippen LogP contribution in [0.15, 0.2) is 35.4 Å². The molecule has 3 aliphatic rings. The maximum absolute atomic E-state index is 15.6. The number of nitrogens with zero attached hydrogens (tertiary/aromatic N) is 2. The van der Waals surface area contributed by atoms with E-state index in [9.17, 15) is 0 Å². The highest BCUT2D eigenvalue weighted by atomic mass is 32.2. The van der Waals surface area contributed by atoms with E-state index in [4.69, 9.17) is 0 Å². The number of H-pyrrole nitrogens is 1. The second-order valence-electron chi connectivity index (χ2n) is 9.30. The van der Waals surface area contributed by atoms with Crippen LogP contribution >= 0.6 is 11.8 Å². The van der Waals surface area contributed by atoms with Gasteiger partial charge in [-0.25, -0.2) is 8.78 Å². The van der Waals surface area contributed by atoms with E-state index >= 15 is 8.78 Å². The summed E-state index contributed by atoms with van der Waals surface area (Å²) < 4.78 is 31.1. The van der Waals surface area contributed by atoms with Gasteiger partial charge in [0, 0.05) is 52.7 Å². The highest BCUT2D eigenvalue weighted by Crippen LogP contribution is 2.47. The SMILES string of the molecule is CN1Cc2c(ccc3[nH]ncc23)[C@@H](c2c(F)cc(SC3CNC3)cc2F)[C@@H]1CC1CC1. The fourth-order valence-corrected chi connectivity index (χ4v) is 6.34. The number of likely N-dealkylation sites (N-methyl/N-ethyl adjacent to an activating group) is 1. The van der Waals surface area contributed by atoms with Crippen LogP contribution in [0.5, 0.6) is 0 Å². The van der Waals surface area contributed by atoms with E-state index in [1.807, 2.05) is 12.3 Å². The predicted molar refractivity (Wildman–Crippen MR) is 119 cm³/mol. The largest absolute Gasteiger partial charge is 0.314 e.